The maximum absolute atomic E-state index is 11.7. The summed E-state index contributed by atoms with van der Waals surface area (Å²) in [4.78, 5) is 6.77. The number of aromatic nitrogens is 3. The first kappa shape index (κ1) is 17.3. The Bertz CT molecular complexity index is 827. The molecule has 0 unspecified atom stereocenters. The summed E-state index contributed by atoms with van der Waals surface area (Å²) in [5.74, 6) is 0. The largest absolute Gasteiger partial charge is 0.396 e. The molecule has 3 heterocycles. The average molecular weight is 352 g/mol. The van der Waals surface area contributed by atoms with Crippen LogP contribution in [0.5, 0.6) is 0 Å². The Morgan fingerprint density at radius 1 is 1.38 bits per heavy atom. The van der Waals surface area contributed by atoms with Crippen LogP contribution in [-0.2, 0) is 16.4 Å². The lowest BCUT2D eigenvalue weighted by atomic mass is 9.78. The molecule has 24 heavy (non-hydrogen) atoms. The summed E-state index contributed by atoms with van der Waals surface area (Å²) < 4.78 is 25.0. The molecule has 132 valence electrons. The van der Waals surface area contributed by atoms with E-state index in [9.17, 15) is 13.5 Å². The summed E-state index contributed by atoms with van der Waals surface area (Å²) >= 11 is 0. The molecule has 0 saturated carbocycles. The Balaban J connectivity index is 1.81. The number of hydrogen-bond acceptors (Lipinski definition) is 6. The van der Waals surface area contributed by atoms with Crippen molar-refractivity contribution in [1.82, 2.24) is 19.5 Å². The third-order valence-corrected chi connectivity index (χ3v) is 6.10. The molecule has 3 rings (SSSR count). The minimum absolute atomic E-state index is 0.00899. The van der Waals surface area contributed by atoms with E-state index >= 15 is 0 Å². The summed E-state index contributed by atoms with van der Waals surface area (Å²) in [5.41, 5.74) is 1.33. The summed E-state index contributed by atoms with van der Waals surface area (Å²) in [5, 5.41) is 13.9. The Kier molecular flexibility index (Phi) is 4.63. The van der Waals surface area contributed by atoms with Crippen molar-refractivity contribution in [3.8, 4) is 0 Å². The average Bonchev–Trinajstić information content (AvgIpc) is 2.98. The van der Waals surface area contributed by atoms with Crippen molar-refractivity contribution < 1.29 is 13.5 Å². The first-order chi connectivity index (χ1) is 11.4. The molecule has 0 bridgehead atoms. The van der Waals surface area contributed by atoms with Crippen molar-refractivity contribution >= 4 is 15.5 Å². The minimum Gasteiger partial charge on any atom is -0.396 e. The SMILES string of the molecule is CC[C@]1(CO)CCCN(Cc2cnc3c(S(C)(=O)=O)cnn3c2)C1. The molecule has 1 aliphatic rings. The van der Waals surface area contributed by atoms with E-state index in [2.05, 4.69) is 21.9 Å². The van der Waals surface area contributed by atoms with Gasteiger partial charge in [-0.3, -0.25) is 4.90 Å². The number of hydrogen-bond donors (Lipinski definition) is 1. The molecule has 1 N–H and O–H groups in total. The molecule has 2 aromatic heterocycles. The smallest absolute Gasteiger partial charge is 0.180 e. The number of aliphatic hydroxyl groups excluding tert-OH is 1. The van der Waals surface area contributed by atoms with Crippen LogP contribution in [0.4, 0.5) is 0 Å². The van der Waals surface area contributed by atoms with Crippen molar-refractivity contribution in [1.29, 1.82) is 0 Å². The van der Waals surface area contributed by atoms with Crippen LogP contribution in [0.15, 0.2) is 23.5 Å². The fraction of sp³-hybridized carbons (Fsp3) is 0.625. The van der Waals surface area contributed by atoms with Crippen molar-refractivity contribution in [2.75, 3.05) is 26.0 Å². The molecule has 2 aromatic rings. The zero-order valence-corrected chi connectivity index (χ0v) is 15.0. The third kappa shape index (κ3) is 3.31. The van der Waals surface area contributed by atoms with E-state index in [1.165, 1.54) is 10.7 Å². The quantitative estimate of drug-likeness (QED) is 0.867. The summed E-state index contributed by atoms with van der Waals surface area (Å²) in [6, 6.07) is 0. The molecule has 0 radical (unpaired) electrons. The van der Waals surface area contributed by atoms with E-state index in [1.54, 1.807) is 6.20 Å². The van der Waals surface area contributed by atoms with Gasteiger partial charge < -0.3 is 5.11 Å². The van der Waals surface area contributed by atoms with Gasteiger partial charge in [0.25, 0.3) is 0 Å². The van der Waals surface area contributed by atoms with Gasteiger partial charge in [-0.15, -0.1) is 0 Å². The highest BCUT2D eigenvalue weighted by molar-refractivity contribution is 7.90. The fourth-order valence-electron chi connectivity index (χ4n) is 3.47. The Morgan fingerprint density at radius 2 is 2.17 bits per heavy atom. The second-order valence-corrected chi connectivity index (χ2v) is 8.82. The number of likely N-dealkylation sites (tertiary alicyclic amines) is 1. The number of sulfone groups is 1. The fourth-order valence-corrected chi connectivity index (χ4v) is 4.18. The number of nitrogens with zero attached hydrogens (tertiary/aromatic N) is 4. The first-order valence-corrected chi connectivity index (χ1v) is 10.1. The number of rotatable bonds is 5. The van der Waals surface area contributed by atoms with Crippen LogP contribution in [0.2, 0.25) is 0 Å². The second kappa shape index (κ2) is 6.42. The molecule has 7 nitrogen and oxygen atoms in total. The minimum atomic E-state index is -3.33. The second-order valence-electron chi connectivity index (χ2n) is 6.84. The van der Waals surface area contributed by atoms with Crippen LogP contribution in [0, 0.1) is 5.41 Å². The number of aliphatic hydroxyl groups is 1. The molecule has 0 spiro atoms. The summed E-state index contributed by atoms with van der Waals surface area (Å²) in [7, 11) is -3.33. The van der Waals surface area contributed by atoms with Crippen molar-refractivity contribution in [3.05, 3.63) is 24.2 Å². The predicted octanol–water partition coefficient (Wildman–Crippen LogP) is 1.12. The molecule has 0 amide bonds. The van der Waals surface area contributed by atoms with Gasteiger partial charge >= 0.3 is 0 Å². The highest BCUT2D eigenvalue weighted by Crippen LogP contribution is 2.33. The van der Waals surface area contributed by atoms with Crippen LogP contribution in [-0.4, -0.2) is 59.0 Å². The van der Waals surface area contributed by atoms with E-state index in [-0.39, 0.29) is 16.9 Å². The maximum Gasteiger partial charge on any atom is 0.180 e. The molecule has 1 fully saturated rings. The van der Waals surface area contributed by atoms with Gasteiger partial charge in [0.2, 0.25) is 0 Å². The molecular formula is C16H24N4O3S. The van der Waals surface area contributed by atoms with Gasteiger partial charge in [0.05, 0.1) is 6.20 Å². The van der Waals surface area contributed by atoms with E-state index in [4.69, 9.17) is 0 Å². The van der Waals surface area contributed by atoms with Crippen LogP contribution in [0.3, 0.4) is 0 Å². The van der Waals surface area contributed by atoms with Crippen molar-refractivity contribution in [2.24, 2.45) is 5.41 Å². The molecule has 8 heteroatoms. The third-order valence-electron chi connectivity index (χ3n) is 5.01. The molecule has 1 saturated heterocycles. The van der Waals surface area contributed by atoms with Gasteiger partial charge in [-0.25, -0.2) is 17.9 Å². The number of piperidine rings is 1. The molecular weight excluding hydrogens is 328 g/mol. The van der Waals surface area contributed by atoms with E-state index in [0.29, 0.717) is 5.65 Å². The first-order valence-electron chi connectivity index (χ1n) is 8.22. The lowest BCUT2D eigenvalue weighted by Gasteiger charge is -2.41. The van der Waals surface area contributed by atoms with Gasteiger partial charge in [0.15, 0.2) is 15.5 Å². The van der Waals surface area contributed by atoms with E-state index < -0.39 is 9.84 Å². The topological polar surface area (TPSA) is 87.8 Å². The zero-order valence-electron chi connectivity index (χ0n) is 14.1. The molecule has 0 aromatic carbocycles. The van der Waals surface area contributed by atoms with Gasteiger partial charge in [0.1, 0.15) is 4.90 Å². The van der Waals surface area contributed by atoms with Gasteiger partial charge in [-0.1, -0.05) is 6.92 Å². The predicted molar refractivity (Wildman–Crippen MR) is 90.4 cm³/mol. The normalized spacial score (nSPS) is 23.0. The Hall–Kier alpha value is -1.51. The van der Waals surface area contributed by atoms with Crippen LogP contribution < -0.4 is 0 Å². The molecule has 1 aliphatic heterocycles. The lowest BCUT2D eigenvalue weighted by Crippen LogP contribution is -2.44. The highest BCUT2D eigenvalue weighted by atomic mass is 32.2. The molecule has 0 aliphatic carbocycles. The zero-order chi connectivity index (χ0) is 17.4. The van der Waals surface area contributed by atoms with Crippen LogP contribution >= 0.6 is 0 Å². The molecule has 1 atom stereocenters. The van der Waals surface area contributed by atoms with Crippen LogP contribution in [0.25, 0.3) is 5.65 Å². The Morgan fingerprint density at radius 3 is 2.83 bits per heavy atom. The maximum atomic E-state index is 11.7. The number of fused-ring (bicyclic) bond motifs is 1. The van der Waals surface area contributed by atoms with Gasteiger partial charge in [0, 0.05) is 49.3 Å². The van der Waals surface area contributed by atoms with Crippen LogP contribution in [0.1, 0.15) is 31.7 Å². The van der Waals surface area contributed by atoms with Gasteiger partial charge in [-0.2, -0.15) is 5.10 Å². The van der Waals surface area contributed by atoms with E-state index in [1.807, 2.05) is 6.20 Å². The highest BCUT2D eigenvalue weighted by Gasteiger charge is 2.33. The summed E-state index contributed by atoms with van der Waals surface area (Å²) in [6.45, 7) is 4.93. The standard InChI is InChI=1S/C16H24N4O3S/c1-3-16(12-21)5-4-6-19(11-16)9-13-7-17-15-14(24(2,22)23)8-18-20(15)10-13/h7-8,10,21H,3-6,9,11-12H2,1-2H3/t16-/m0/s1. The summed E-state index contributed by atoms with van der Waals surface area (Å²) in [6.07, 6.45) is 9.15. The van der Waals surface area contributed by atoms with Gasteiger partial charge in [-0.05, 0) is 25.8 Å². The van der Waals surface area contributed by atoms with Crippen molar-refractivity contribution in [2.45, 2.75) is 37.6 Å². The van der Waals surface area contributed by atoms with Crippen molar-refractivity contribution in [3.63, 3.8) is 0 Å². The Labute approximate surface area is 142 Å². The monoisotopic (exact) mass is 352 g/mol. The van der Waals surface area contributed by atoms with E-state index in [0.717, 1.165) is 50.7 Å². The lowest BCUT2D eigenvalue weighted by molar-refractivity contribution is 0.0257.